The standard InChI is InChI=1S/C26H24FN3O6S/c1-34-24-13-16(10-17-11-18-3-6-23(17)36-18)20(27)14-22(24)30-21-5-4-19(12-15(21)2-7-26(30)31)37(32,33)29-25-8-9-35-28-25/h2,4-5,7-9,12-14,17-18,23H,3,6,10-11H2,1H3,(H,28,29)/t17?,18-,23-/m0/s1. The van der Waals surface area contributed by atoms with Gasteiger partial charge in [-0.05, 0) is 67.5 Å². The topological polar surface area (TPSA) is 113 Å². The number of sulfonamides is 1. The third-order valence-corrected chi connectivity index (χ3v) is 8.51. The molecule has 0 spiro atoms. The highest BCUT2D eigenvalue weighted by molar-refractivity contribution is 7.92. The summed E-state index contributed by atoms with van der Waals surface area (Å²) in [4.78, 5) is 12.9. The van der Waals surface area contributed by atoms with Crippen LogP contribution in [0, 0.1) is 11.7 Å². The van der Waals surface area contributed by atoms with Crippen LogP contribution in [0.5, 0.6) is 5.75 Å². The van der Waals surface area contributed by atoms with Crippen LogP contribution in [0.4, 0.5) is 10.2 Å². The van der Waals surface area contributed by atoms with Gasteiger partial charge >= 0.3 is 0 Å². The SMILES string of the molecule is COc1cc(CC2C[C@@H]3CC[C@@H]2O3)c(F)cc1-n1c(=O)ccc2cc(S(=O)(=O)Nc3ccon3)ccc21. The molecule has 0 saturated carbocycles. The van der Waals surface area contributed by atoms with Crippen molar-refractivity contribution in [1.29, 1.82) is 0 Å². The van der Waals surface area contributed by atoms with Crippen LogP contribution in [-0.2, 0) is 21.2 Å². The van der Waals surface area contributed by atoms with Crippen LogP contribution >= 0.6 is 0 Å². The van der Waals surface area contributed by atoms with Crippen LogP contribution in [0.2, 0.25) is 0 Å². The van der Waals surface area contributed by atoms with Crippen LogP contribution in [0.1, 0.15) is 24.8 Å². The van der Waals surface area contributed by atoms with Crippen molar-refractivity contribution in [3.05, 3.63) is 76.5 Å². The average molecular weight is 526 g/mol. The molecule has 192 valence electrons. The second kappa shape index (κ2) is 9.00. The molecule has 4 heterocycles. The lowest BCUT2D eigenvalue weighted by molar-refractivity contribution is 0.0924. The van der Waals surface area contributed by atoms with Gasteiger partial charge < -0.3 is 14.0 Å². The molecule has 6 rings (SSSR count). The number of aromatic nitrogens is 2. The zero-order valence-electron chi connectivity index (χ0n) is 19.9. The predicted octanol–water partition coefficient (Wildman–Crippen LogP) is 4.04. The number of hydrogen-bond acceptors (Lipinski definition) is 7. The quantitative estimate of drug-likeness (QED) is 0.388. The molecule has 2 saturated heterocycles. The number of anilines is 1. The number of methoxy groups -OCH3 is 1. The lowest BCUT2D eigenvalue weighted by Crippen LogP contribution is -2.21. The van der Waals surface area contributed by atoms with Gasteiger partial charge in [-0.1, -0.05) is 5.16 Å². The van der Waals surface area contributed by atoms with Gasteiger partial charge in [0.2, 0.25) is 0 Å². The Kier molecular flexibility index (Phi) is 5.76. The van der Waals surface area contributed by atoms with Crippen LogP contribution in [-0.4, -0.2) is 37.5 Å². The summed E-state index contributed by atoms with van der Waals surface area (Å²) in [5, 5.41) is 4.03. The first-order valence-corrected chi connectivity index (χ1v) is 13.4. The Balaban J connectivity index is 1.39. The Bertz CT molecular complexity index is 1650. The number of fused-ring (bicyclic) bond motifs is 3. The maximum Gasteiger partial charge on any atom is 0.263 e. The third kappa shape index (κ3) is 4.27. The summed E-state index contributed by atoms with van der Waals surface area (Å²) < 4.78 is 60.8. The van der Waals surface area contributed by atoms with Gasteiger partial charge in [-0.3, -0.25) is 14.1 Å². The smallest absolute Gasteiger partial charge is 0.263 e. The van der Waals surface area contributed by atoms with E-state index in [0.29, 0.717) is 28.6 Å². The van der Waals surface area contributed by atoms with Crippen molar-refractivity contribution in [3.63, 3.8) is 0 Å². The highest BCUT2D eigenvalue weighted by atomic mass is 32.2. The number of hydrogen-bond donors (Lipinski definition) is 1. The van der Waals surface area contributed by atoms with E-state index in [-0.39, 0.29) is 34.5 Å². The predicted molar refractivity (Wildman–Crippen MR) is 133 cm³/mol. The first-order valence-electron chi connectivity index (χ1n) is 11.9. The van der Waals surface area contributed by atoms with Crippen molar-refractivity contribution >= 4 is 26.7 Å². The van der Waals surface area contributed by atoms with E-state index in [2.05, 4.69) is 14.4 Å². The van der Waals surface area contributed by atoms with Gasteiger partial charge in [-0.25, -0.2) is 12.8 Å². The molecule has 2 aliphatic heterocycles. The molecule has 3 atom stereocenters. The fourth-order valence-electron chi connectivity index (χ4n) is 5.42. The summed E-state index contributed by atoms with van der Waals surface area (Å²) in [7, 11) is -2.49. The Morgan fingerprint density at radius 1 is 1.16 bits per heavy atom. The van der Waals surface area contributed by atoms with E-state index < -0.39 is 21.4 Å². The van der Waals surface area contributed by atoms with E-state index in [9.17, 15) is 13.2 Å². The molecule has 2 bridgehead atoms. The Hall–Kier alpha value is -3.70. The Labute approximate surface area is 211 Å². The number of pyridine rings is 1. The first-order chi connectivity index (χ1) is 17.8. The maximum atomic E-state index is 15.4. The first kappa shape index (κ1) is 23.7. The summed E-state index contributed by atoms with van der Waals surface area (Å²) in [6.45, 7) is 0. The van der Waals surface area contributed by atoms with Gasteiger partial charge in [0, 0.05) is 23.6 Å². The van der Waals surface area contributed by atoms with E-state index in [1.54, 1.807) is 6.07 Å². The summed E-state index contributed by atoms with van der Waals surface area (Å²) in [6, 6.07) is 11.5. The average Bonchev–Trinajstić information content (AvgIpc) is 3.64. The van der Waals surface area contributed by atoms with Crippen LogP contribution in [0.15, 0.2) is 69.0 Å². The van der Waals surface area contributed by atoms with Crippen molar-refractivity contribution in [3.8, 4) is 11.4 Å². The summed E-state index contributed by atoms with van der Waals surface area (Å²) in [5.74, 6) is 0.218. The highest BCUT2D eigenvalue weighted by Crippen LogP contribution is 2.41. The molecule has 1 N–H and O–H groups in total. The monoisotopic (exact) mass is 525 g/mol. The van der Waals surface area contributed by atoms with Crippen LogP contribution in [0.3, 0.4) is 0 Å². The van der Waals surface area contributed by atoms with Crippen LogP contribution < -0.4 is 15.0 Å². The second-order valence-corrected chi connectivity index (χ2v) is 11.1. The Morgan fingerprint density at radius 3 is 2.73 bits per heavy atom. The number of nitrogens with one attached hydrogen (secondary N) is 1. The fraction of sp³-hybridized carbons (Fsp3) is 0.308. The normalized spacial score (nSPS) is 21.0. The highest BCUT2D eigenvalue weighted by Gasteiger charge is 2.40. The summed E-state index contributed by atoms with van der Waals surface area (Å²) in [5.41, 5.74) is 0.748. The van der Waals surface area contributed by atoms with Gasteiger partial charge in [-0.2, -0.15) is 0 Å². The number of nitrogens with zero attached hydrogens (tertiary/aromatic N) is 2. The minimum Gasteiger partial charge on any atom is -0.495 e. The van der Waals surface area contributed by atoms with Crippen molar-refractivity contribution in [1.82, 2.24) is 9.72 Å². The lowest BCUT2D eigenvalue weighted by atomic mass is 9.84. The molecule has 37 heavy (non-hydrogen) atoms. The number of ether oxygens (including phenoxy) is 2. The molecule has 2 aromatic heterocycles. The summed E-state index contributed by atoms with van der Waals surface area (Å²) in [6.07, 6.45) is 5.22. The molecule has 0 aliphatic carbocycles. The number of halogens is 1. The van der Waals surface area contributed by atoms with Gasteiger partial charge in [0.25, 0.3) is 15.6 Å². The molecule has 11 heteroatoms. The zero-order valence-corrected chi connectivity index (χ0v) is 20.7. The van der Waals surface area contributed by atoms with Gasteiger partial charge in [0.05, 0.1) is 35.4 Å². The Morgan fingerprint density at radius 2 is 2.03 bits per heavy atom. The van der Waals surface area contributed by atoms with Gasteiger partial charge in [-0.15, -0.1) is 0 Å². The molecule has 2 aliphatic rings. The number of rotatable bonds is 7. The molecule has 4 aromatic rings. The molecular weight excluding hydrogens is 501 g/mol. The fourth-order valence-corrected chi connectivity index (χ4v) is 6.45. The van der Waals surface area contributed by atoms with E-state index >= 15 is 4.39 Å². The number of benzene rings is 2. The van der Waals surface area contributed by atoms with Gasteiger partial charge in [0.1, 0.15) is 17.8 Å². The van der Waals surface area contributed by atoms with Crippen molar-refractivity contribution in [2.24, 2.45) is 5.92 Å². The molecular formula is C26H24FN3O6S. The molecule has 2 fully saturated rings. The van der Waals surface area contributed by atoms with E-state index in [1.807, 2.05) is 0 Å². The lowest BCUT2D eigenvalue weighted by Gasteiger charge is -2.20. The van der Waals surface area contributed by atoms with Gasteiger partial charge in [0.15, 0.2) is 5.82 Å². The van der Waals surface area contributed by atoms with Crippen LogP contribution in [0.25, 0.3) is 16.6 Å². The van der Waals surface area contributed by atoms with Crippen molar-refractivity contribution in [2.75, 3.05) is 11.8 Å². The van der Waals surface area contributed by atoms with Crippen molar-refractivity contribution in [2.45, 2.75) is 42.8 Å². The maximum absolute atomic E-state index is 15.4. The molecule has 9 nitrogen and oxygen atoms in total. The van der Waals surface area contributed by atoms with E-state index in [1.165, 1.54) is 60.4 Å². The van der Waals surface area contributed by atoms with E-state index in [4.69, 9.17) is 9.47 Å². The minimum atomic E-state index is -3.96. The molecule has 0 amide bonds. The second-order valence-electron chi connectivity index (χ2n) is 9.41. The molecule has 2 aromatic carbocycles. The minimum absolute atomic E-state index is 0.0326. The zero-order chi connectivity index (χ0) is 25.7. The van der Waals surface area contributed by atoms with E-state index in [0.717, 1.165) is 19.3 Å². The summed E-state index contributed by atoms with van der Waals surface area (Å²) >= 11 is 0. The molecule has 1 unspecified atom stereocenters. The largest absolute Gasteiger partial charge is 0.495 e. The molecule has 0 radical (unpaired) electrons. The third-order valence-electron chi connectivity index (χ3n) is 7.16. The van der Waals surface area contributed by atoms with Crippen molar-refractivity contribution < 1.29 is 26.8 Å².